The summed E-state index contributed by atoms with van der Waals surface area (Å²) < 4.78 is 7.96. The van der Waals surface area contributed by atoms with Crippen molar-refractivity contribution in [3.63, 3.8) is 0 Å². The van der Waals surface area contributed by atoms with E-state index < -0.39 is 0 Å². The quantitative estimate of drug-likeness (QED) is 0.336. The SMILES string of the molecule is CCOC(CC)n1c(Nc2cc(Cl)c3cc[nH]c3c2)nc2cc(Cl)c(Cl)cc21. The van der Waals surface area contributed by atoms with Gasteiger partial charge in [0.2, 0.25) is 5.95 Å². The van der Waals surface area contributed by atoms with E-state index in [1.807, 2.05) is 42.0 Å². The molecule has 146 valence electrons. The Morgan fingerprint density at radius 2 is 1.89 bits per heavy atom. The topological polar surface area (TPSA) is 54.9 Å². The van der Waals surface area contributed by atoms with Crippen LogP contribution in [0.1, 0.15) is 26.5 Å². The summed E-state index contributed by atoms with van der Waals surface area (Å²) in [4.78, 5) is 7.92. The van der Waals surface area contributed by atoms with Crippen LogP contribution >= 0.6 is 34.8 Å². The Hall–Kier alpha value is -1.92. The molecule has 1 atom stereocenters. The Bertz CT molecular complexity index is 1150. The van der Waals surface area contributed by atoms with Gasteiger partial charge in [-0.3, -0.25) is 4.57 Å². The van der Waals surface area contributed by atoms with E-state index in [9.17, 15) is 0 Å². The smallest absolute Gasteiger partial charge is 0.210 e. The standard InChI is InChI=1S/C20H19Cl3N4O/c1-3-19(28-4-2)27-18-10-15(23)14(22)9-17(18)26-20(27)25-11-7-13(21)12-5-6-24-16(12)8-11/h5-10,19,24H,3-4H2,1-2H3,(H,25,26). The number of anilines is 2. The Kier molecular flexibility index (Phi) is 5.43. The summed E-state index contributed by atoms with van der Waals surface area (Å²) in [6.45, 7) is 4.62. The van der Waals surface area contributed by atoms with Crippen molar-refractivity contribution in [1.82, 2.24) is 14.5 Å². The molecular weight excluding hydrogens is 419 g/mol. The maximum absolute atomic E-state index is 6.42. The highest BCUT2D eigenvalue weighted by atomic mass is 35.5. The molecule has 0 aliphatic carbocycles. The van der Waals surface area contributed by atoms with E-state index in [1.165, 1.54) is 0 Å². The minimum atomic E-state index is -0.195. The van der Waals surface area contributed by atoms with E-state index in [4.69, 9.17) is 44.5 Å². The summed E-state index contributed by atoms with van der Waals surface area (Å²) in [5.74, 6) is 0.635. The van der Waals surface area contributed by atoms with Gasteiger partial charge in [-0.25, -0.2) is 4.98 Å². The summed E-state index contributed by atoms with van der Waals surface area (Å²) >= 11 is 18.9. The van der Waals surface area contributed by atoms with Crippen LogP contribution < -0.4 is 5.32 Å². The molecule has 0 amide bonds. The average Bonchev–Trinajstić information content (AvgIpc) is 3.25. The number of aromatic nitrogens is 3. The molecule has 0 radical (unpaired) electrons. The molecule has 0 aliphatic heterocycles. The third-order valence-electron chi connectivity index (χ3n) is 4.60. The number of aromatic amines is 1. The summed E-state index contributed by atoms with van der Waals surface area (Å²) in [5.41, 5.74) is 3.35. The summed E-state index contributed by atoms with van der Waals surface area (Å²) in [5, 5.41) is 5.95. The fourth-order valence-electron chi connectivity index (χ4n) is 3.36. The fraction of sp³-hybridized carbons (Fsp3) is 0.250. The van der Waals surface area contributed by atoms with E-state index >= 15 is 0 Å². The van der Waals surface area contributed by atoms with Crippen molar-refractivity contribution in [2.24, 2.45) is 0 Å². The molecule has 0 bridgehead atoms. The number of nitrogens with zero attached hydrogens (tertiary/aromatic N) is 2. The first kappa shape index (κ1) is 19.4. The van der Waals surface area contributed by atoms with Crippen molar-refractivity contribution in [3.8, 4) is 0 Å². The van der Waals surface area contributed by atoms with Crippen molar-refractivity contribution in [3.05, 3.63) is 51.6 Å². The highest BCUT2D eigenvalue weighted by Gasteiger charge is 2.20. The second-order valence-corrected chi connectivity index (χ2v) is 7.62. The van der Waals surface area contributed by atoms with Gasteiger partial charge >= 0.3 is 0 Å². The molecule has 0 saturated heterocycles. The minimum absolute atomic E-state index is 0.195. The van der Waals surface area contributed by atoms with E-state index in [1.54, 1.807) is 6.07 Å². The van der Waals surface area contributed by atoms with E-state index in [-0.39, 0.29) is 6.23 Å². The number of H-pyrrole nitrogens is 1. The predicted molar refractivity (Wildman–Crippen MR) is 117 cm³/mol. The van der Waals surface area contributed by atoms with Crippen molar-refractivity contribution >= 4 is 68.4 Å². The van der Waals surface area contributed by atoms with Gasteiger partial charge in [0.25, 0.3) is 0 Å². The number of hydrogen-bond donors (Lipinski definition) is 2. The van der Waals surface area contributed by atoms with Crippen LogP contribution in [0.5, 0.6) is 0 Å². The monoisotopic (exact) mass is 436 g/mol. The van der Waals surface area contributed by atoms with Crippen molar-refractivity contribution in [2.45, 2.75) is 26.5 Å². The van der Waals surface area contributed by atoms with Crippen molar-refractivity contribution < 1.29 is 4.74 Å². The zero-order valence-electron chi connectivity index (χ0n) is 15.4. The van der Waals surface area contributed by atoms with Crippen LogP contribution in [0.3, 0.4) is 0 Å². The lowest BCUT2D eigenvalue weighted by Gasteiger charge is -2.21. The molecule has 8 heteroatoms. The van der Waals surface area contributed by atoms with Gasteiger partial charge in [0.1, 0.15) is 6.23 Å². The van der Waals surface area contributed by atoms with E-state index in [0.717, 1.165) is 34.0 Å². The first-order valence-electron chi connectivity index (χ1n) is 9.04. The molecule has 2 aromatic carbocycles. The molecule has 0 aliphatic rings. The lowest BCUT2D eigenvalue weighted by Crippen LogP contribution is -2.14. The van der Waals surface area contributed by atoms with Crippen LogP contribution in [0, 0.1) is 0 Å². The fourth-order valence-corrected chi connectivity index (χ4v) is 3.96. The number of benzene rings is 2. The summed E-state index contributed by atoms with van der Waals surface area (Å²) in [6, 6.07) is 9.40. The van der Waals surface area contributed by atoms with Crippen molar-refractivity contribution in [1.29, 1.82) is 0 Å². The first-order valence-corrected chi connectivity index (χ1v) is 10.2. The lowest BCUT2D eigenvalue weighted by molar-refractivity contribution is 0.0120. The molecule has 1 unspecified atom stereocenters. The van der Waals surface area contributed by atoms with Gasteiger partial charge in [-0.05, 0) is 43.7 Å². The number of halogens is 3. The molecule has 0 fully saturated rings. The number of rotatable bonds is 6. The first-order chi connectivity index (χ1) is 13.5. The van der Waals surface area contributed by atoms with Gasteiger partial charge in [0, 0.05) is 29.4 Å². The van der Waals surface area contributed by atoms with Crippen LogP contribution in [-0.2, 0) is 4.74 Å². The van der Waals surface area contributed by atoms with E-state index in [0.29, 0.717) is 27.6 Å². The molecule has 2 aromatic heterocycles. The van der Waals surface area contributed by atoms with Gasteiger partial charge in [-0.1, -0.05) is 41.7 Å². The zero-order chi connectivity index (χ0) is 19.8. The molecule has 4 rings (SSSR count). The number of hydrogen-bond acceptors (Lipinski definition) is 3. The summed E-state index contributed by atoms with van der Waals surface area (Å²) in [7, 11) is 0. The summed E-state index contributed by atoms with van der Waals surface area (Å²) in [6.07, 6.45) is 2.44. The molecule has 2 heterocycles. The second kappa shape index (κ2) is 7.84. The third kappa shape index (κ3) is 3.44. The highest BCUT2D eigenvalue weighted by molar-refractivity contribution is 6.42. The maximum atomic E-state index is 6.42. The second-order valence-electron chi connectivity index (χ2n) is 6.40. The van der Waals surface area contributed by atoms with Crippen LogP contribution in [-0.4, -0.2) is 21.1 Å². The Balaban J connectivity index is 1.86. The normalized spacial score (nSPS) is 12.8. The number of fused-ring (bicyclic) bond motifs is 2. The Morgan fingerprint density at radius 1 is 1.11 bits per heavy atom. The molecular formula is C20H19Cl3N4O. The number of imidazole rings is 1. The third-order valence-corrected chi connectivity index (χ3v) is 5.64. The molecule has 4 aromatic rings. The van der Waals surface area contributed by atoms with Gasteiger partial charge in [0.05, 0.1) is 26.1 Å². The lowest BCUT2D eigenvalue weighted by atomic mass is 10.2. The molecule has 0 spiro atoms. The van der Waals surface area contributed by atoms with Crippen LogP contribution in [0.15, 0.2) is 36.5 Å². The molecule has 28 heavy (non-hydrogen) atoms. The molecule has 0 saturated carbocycles. The van der Waals surface area contributed by atoms with Gasteiger partial charge in [-0.15, -0.1) is 0 Å². The van der Waals surface area contributed by atoms with Crippen LogP contribution in [0.2, 0.25) is 15.1 Å². The van der Waals surface area contributed by atoms with Gasteiger partial charge in [-0.2, -0.15) is 0 Å². The largest absolute Gasteiger partial charge is 0.361 e. The van der Waals surface area contributed by atoms with Gasteiger partial charge in [0.15, 0.2) is 0 Å². The number of ether oxygens (including phenoxy) is 1. The average molecular weight is 438 g/mol. The number of nitrogens with one attached hydrogen (secondary N) is 2. The Morgan fingerprint density at radius 3 is 2.64 bits per heavy atom. The highest BCUT2D eigenvalue weighted by Crippen LogP contribution is 2.35. The molecule has 5 nitrogen and oxygen atoms in total. The Labute approximate surface area is 177 Å². The van der Waals surface area contributed by atoms with Crippen LogP contribution in [0.25, 0.3) is 21.9 Å². The van der Waals surface area contributed by atoms with Crippen LogP contribution in [0.4, 0.5) is 11.6 Å². The van der Waals surface area contributed by atoms with Gasteiger partial charge < -0.3 is 15.0 Å². The molecule has 2 N–H and O–H groups in total. The minimum Gasteiger partial charge on any atom is -0.361 e. The zero-order valence-corrected chi connectivity index (χ0v) is 17.7. The van der Waals surface area contributed by atoms with Crippen molar-refractivity contribution in [2.75, 3.05) is 11.9 Å². The predicted octanol–water partition coefficient (Wildman–Crippen LogP) is 7.17. The van der Waals surface area contributed by atoms with E-state index in [2.05, 4.69) is 17.2 Å². The maximum Gasteiger partial charge on any atom is 0.210 e.